The summed E-state index contributed by atoms with van der Waals surface area (Å²) in [6, 6.07) is 0. The summed E-state index contributed by atoms with van der Waals surface area (Å²) in [6.45, 7) is 1.78. The monoisotopic (exact) mass is 179 g/mol. The van der Waals surface area contributed by atoms with Crippen molar-refractivity contribution < 1.29 is 9.90 Å². The second-order valence-corrected chi connectivity index (χ2v) is 4.02. The van der Waals surface area contributed by atoms with Crippen molar-refractivity contribution in [3.05, 3.63) is 0 Å². The minimum Gasteiger partial charge on any atom is -0.481 e. The van der Waals surface area contributed by atoms with Gasteiger partial charge < -0.3 is 10.8 Å². The number of nitrogens with two attached hydrogens (primary N) is 1. The average Bonchev–Trinajstić information content (AvgIpc) is 1.58. The Morgan fingerprint density at radius 2 is 2.40 bits per heavy atom. The van der Waals surface area contributed by atoms with Crippen LogP contribution in [0.4, 0.5) is 0 Å². The van der Waals surface area contributed by atoms with Crippen LogP contribution in [-0.2, 0) is 4.79 Å². The Morgan fingerprint density at radius 3 is 2.70 bits per heavy atom. The van der Waals surface area contributed by atoms with Crippen molar-refractivity contribution in [1.29, 1.82) is 0 Å². The van der Waals surface area contributed by atoms with Gasteiger partial charge in [-0.15, -0.1) is 0 Å². The molecule has 0 saturated carbocycles. The van der Waals surface area contributed by atoms with Gasteiger partial charge in [0.1, 0.15) is 4.32 Å². The summed E-state index contributed by atoms with van der Waals surface area (Å²) in [7, 11) is 0. The number of hydrogen-bond acceptors (Lipinski definition) is 3. The highest BCUT2D eigenvalue weighted by Gasteiger charge is 2.08. The fourth-order valence-electron chi connectivity index (χ4n) is 0.486. The molecule has 0 fully saturated rings. The first-order chi connectivity index (χ1) is 4.52. The van der Waals surface area contributed by atoms with E-state index >= 15 is 0 Å². The summed E-state index contributed by atoms with van der Waals surface area (Å²) in [5.41, 5.74) is 5.17. The van der Waals surface area contributed by atoms with E-state index in [1.165, 1.54) is 11.8 Å². The number of hydrogen-bond donors (Lipinski definition) is 2. The molecule has 0 bridgehead atoms. The molecule has 0 radical (unpaired) electrons. The van der Waals surface area contributed by atoms with Gasteiger partial charge in [0, 0.05) is 5.25 Å². The molecule has 0 aliphatic rings. The quantitative estimate of drug-likeness (QED) is 0.628. The lowest BCUT2D eigenvalue weighted by molar-refractivity contribution is -0.136. The highest BCUT2D eigenvalue weighted by Crippen LogP contribution is 2.13. The van der Waals surface area contributed by atoms with Crippen molar-refractivity contribution >= 4 is 34.3 Å². The molecule has 3 N–H and O–H groups in total. The lowest BCUT2D eigenvalue weighted by Crippen LogP contribution is -2.12. The molecular weight excluding hydrogens is 170 g/mol. The Bertz CT molecular complexity index is 133. The molecule has 0 aliphatic carbocycles. The number of carboxylic acids is 1. The lowest BCUT2D eigenvalue weighted by Gasteiger charge is -2.04. The Morgan fingerprint density at radius 1 is 1.90 bits per heavy atom. The minimum atomic E-state index is -0.823. The van der Waals surface area contributed by atoms with Crippen LogP contribution in [0.1, 0.15) is 13.3 Å². The first-order valence-electron chi connectivity index (χ1n) is 2.70. The van der Waals surface area contributed by atoms with E-state index in [1.807, 2.05) is 0 Å². The fourth-order valence-corrected chi connectivity index (χ4v) is 1.60. The number of carbonyl (C=O) groups is 1. The van der Waals surface area contributed by atoms with E-state index < -0.39 is 5.97 Å². The number of rotatable bonds is 3. The standard InChI is InChI=1S/C5H9NO2S2/c1-3(2-4(7)8)10-5(6)9/h3H,2H2,1H3,(H2,6,9)(H,7,8). The van der Waals surface area contributed by atoms with E-state index in [9.17, 15) is 4.79 Å². The van der Waals surface area contributed by atoms with E-state index in [-0.39, 0.29) is 11.7 Å². The molecule has 58 valence electrons. The van der Waals surface area contributed by atoms with Gasteiger partial charge in [-0.3, -0.25) is 4.79 Å². The van der Waals surface area contributed by atoms with Crippen molar-refractivity contribution in [2.75, 3.05) is 0 Å². The zero-order valence-electron chi connectivity index (χ0n) is 5.53. The molecule has 0 rings (SSSR count). The molecule has 0 aromatic heterocycles. The Kier molecular flexibility index (Phi) is 4.38. The summed E-state index contributed by atoms with van der Waals surface area (Å²) in [4.78, 5) is 10.1. The van der Waals surface area contributed by atoms with Gasteiger partial charge in [0.15, 0.2) is 0 Å². The molecule has 0 aromatic rings. The van der Waals surface area contributed by atoms with Crippen LogP contribution in [0.3, 0.4) is 0 Å². The smallest absolute Gasteiger partial charge is 0.304 e. The topological polar surface area (TPSA) is 63.3 Å². The highest BCUT2D eigenvalue weighted by atomic mass is 32.2. The molecule has 0 heterocycles. The molecule has 3 nitrogen and oxygen atoms in total. The van der Waals surface area contributed by atoms with Crippen LogP contribution in [-0.4, -0.2) is 20.6 Å². The van der Waals surface area contributed by atoms with E-state index in [0.717, 1.165) is 0 Å². The lowest BCUT2D eigenvalue weighted by atomic mass is 10.3. The molecule has 0 saturated heterocycles. The minimum absolute atomic E-state index is 0.0324. The molecule has 0 amide bonds. The summed E-state index contributed by atoms with van der Waals surface area (Å²) in [5.74, 6) is -0.823. The number of aliphatic carboxylic acids is 1. The van der Waals surface area contributed by atoms with Gasteiger partial charge in [-0.25, -0.2) is 0 Å². The van der Waals surface area contributed by atoms with Crippen LogP contribution in [0.5, 0.6) is 0 Å². The van der Waals surface area contributed by atoms with E-state index in [0.29, 0.717) is 4.32 Å². The van der Waals surface area contributed by atoms with Crippen molar-refractivity contribution in [3.8, 4) is 0 Å². The van der Waals surface area contributed by atoms with Crippen LogP contribution in [0, 0.1) is 0 Å². The maximum atomic E-state index is 10.1. The maximum Gasteiger partial charge on any atom is 0.304 e. The zero-order chi connectivity index (χ0) is 8.15. The highest BCUT2D eigenvalue weighted by molar-refractivity contribution is 8.23. The van der Waals surface area contributed by atoms with Crippen molar-refractivity contribution in [3.63, 3.8) is 0 Å². The molecule has 0 spiro atoms. The summed E-state index contributed by atoms with van der Waals surface area (Å²) < 4.78 is 0.300. The number of carboxylic acid groups (broad SMARTS) is 1. The molecule has 0 aliphatic heterocycles. The van der Waals surface area contributed by atoms with Gasteiger partial charge in [0.25, 0.3) is 0 Å². The fraction of sp³-hybridized carbons (Fsp3) is 0.600. The summed E-state index contributed by atoms with van der Waals surface area (Å²) in [5, 5.41) is 8.27. The van der Waals surface area contributed by atoms with Crippen LogP contribution in [0.15, 0.2) is 0 Å². The van der Waals surface area contributed by atoms with E-state index in [4.69, 9.17) is 10.8 Å². The third-order valence-electron chi connectivity index (χ3n) is 0.779. The van der Waals surface area contributed by atoms with Crippen LogP contribution < -0.4 is 5.73 Å². The molecule has 0 aromatic carbocycles. The first kappa shape index (κ1) is 9.71. The second-order valence-electron chi connectivity index (χ2n) is 1.85. The van der Waals surface area contributed by atoms with Crippen molar-refractivity contribution in [2.24, 2.45) is 5.73 Å². The predicted molar refractivity (Wildman–Crippen MR) is 46.1 cm³/mol. The van der Waals surface area contributed by atoms with Gasteiger partial charge in [0.2, 0.25) is 0 Å². The van der Waals surface area contributed by atoms with Crippen LogP contribution >= 0.6 is 24.0 Å². The SMILES string of the molecule is CC(CC(=O)O)SC(N)=S. The molecular formula is C5H9NO2S2. The third kappa shape index (κ3) is 5.84. The normalized spacial score (nSPS) is 12.5. The second kappa shape index (κ2) is 4.51. The van der Waals surface area contributed by atoms with Gasteiger partial charge in [-0.1, -0.05) is 30.9 Å². The van der Waals surface area contributed by atoms with Gasteiger partial charge in [0.05, 0.1) is 6.42 Å². The average molecular weight is 179 g/mol. The number of thioether (sulfide) groups is 1. The summed E-state index contributed by atoms with van der Waals surface area (Å²) in [6.07, 6.45) is 0.0992. The van der Waals surface area contributed by atoms with Gasteiger partial charge >= 0.3 is 5.97 Å². The predicted octanol–water partition coefficient (Wildman–Crippen LogP) is 0.826. The van der Waals surface area contributed by atoms with Crippen LogP contribution in [0.25, 0.3) is 0 Å². The molecule has 1 atom stereocenters. The molecule has 5 heteroatoms. The van der Waals surface area contributed by atoms with Gasteiger partial charge in [-0.05, 0) is 0 Å². The van der Waals surface area contributed by atoms with Gasteiger partial charge in [-0.2, -0.15) is 0 Å². The zero-order valence-corrected chi connectivity index (χ0v) is 7.17. The molecule has 1 unspecified atom stereocenters. The Hall–Kier alpha value is -0.290. The molecule has 10 heavy (non-hydrogen) atoms. The largest absolute Gasteiger partial charge is 0.481 e. The Labute approximate surface area is 69.0 Å². The summed E-state index contributed by atoms with van der Waals surface area (Å²) >= 11 is 5.78. The van der Waals surface area contributed by atoms with Crippen LogP contribution in [0.2, 0.25) is 0 Å². The van der Waals surface area contributed by atoms with Crippen molar-refractivity contribution in [2.45, 2.75) is 18.6 Å². The third-order valence-corrected chi connectivity index (χ3v) is 1.87. The first-order valence-corrected chi connectivity index (χ1v) is 3.99. The number of thiocarbonyl (C=S) groups is 1. The Balaban J connectivity index is 3.53. The maximum absolute atomic E-state index is 10.1. The van der Waals surface area contributed by atoms with E-state index in [1.54, 1.807) is 6.92 Å². The van der Waals surface area contributed by atoms with Crippen molar-refractivity contribution in [1.82, 2.24) is 0 Å². The van der Waals surface area contributed by atoms with E-state index in [2.05, 4.69) is 12.2 Å².